The SMILES string of the molecule is O=C(CCc1nc(-c2cccnc2)no1)Nc1nc(N2CCCCC2)n[nH]1. The number of hydrogen-bond donors (Lipinski definition) is 2. The number of piperidine rings is 1. The average Bonchev–Trinajstić information content (AvgIpc) is 3.37. The summed E-state index contributed by atoms with van der Waals surface area (Å²) in [6, 6.07) is 3.65. The normalized spacial score (nSPS) is 14.3. The van der Waals surface area contributed by atoms with Crippen molar-refractivity contribution in [2.45, 2.75) is 32.1 Å². The van der Waals surface area contributed by atoms with Gasteiger partial charge < -0.3 is 9.42 Å². The van der Waals surface area contributed by atoms with Gasteiger partial charge in [0, 0.05) is 43.9 Å². The molecule has 10 heteroatoms. The standard InChI is InChI=1S/C17H20N8O2/c26-13(19-16-21-17(23-22-16)25-9-2-1-3-10-25)6-7-14-20-15(24-27-14)12-5-4-8-18-11-12/h4-5,8,11H,1-3,6-7,9-10H2,(H2,19,21,22,23,26). The minimum Gasteiger partial charge on any atom is -0.340 e. The van der Waals surface area contributed by atoms with Crippen LogP contribution in [0.2, 0.25) is 0 Å². The summed E-state index contributed by atoms with van der Waals surface area (Å²) in [5.41, 5.74) is 0.767. The highest BCUT2D eigenvalue weighted by Crippen LogP contribution is 2.17. The Morgan fingerprint density at radius 1 is 1.26 bits per heavy atom. The quantitative estimate of drug-likeness (QED) is 0.675. The molecule has 4 heterocycles. The van der Waals surface area contributed by atoms with Crippen LogP contribution in [0.25, 0.3) is 11.4 Å². The van der Waals surface area contributed by atoms with E-state index in [0.29, 0.717) is 30.0 Å². The van der Waals surface area contributed by atoms with Gasteiger partial charge in [-0.1, -0.05) is 5.16 Å². The third-order valence-electron chi connectivity index (χ3n) is 4.32. The Bertz CT molecular complexity index is 885. The molecule has 1 saturated heterocycles. The molecule has 1 fully saturated rings. The Kier molecular flexibility index (Phi) is 5.04. The first kappa shape index (κ1) is 17.1. The van der Waals surface area contributed by atoms with Gasteiger partial charge >= 0.3 is 0 Å². The lowest BCUT2D eigenvalue weighted by Gasteiger charge is -2.24. The Hall–Kier alpha value is -3.30. The molecule has 1 aliphatic heterocycles. The van der Waals surface area contributed by atoms with Gasteiger partial charge in [-0.15, -0.1) is 5.10 Å². The fourth-order valence-electron chi connectivity index (χ4n) is 2.93. The first-order valence-corrected chi connectivity index (χ1v) is 8.98. The molecule has 0 aromatic carbocycles. The van der Waals surface area contributed by atoms with Gasteiger partial charge in [-0.2, -0.15) is 9.97 Å². The summed E-state index contributed by atoms with van der Waals surface area (Å²) in [5, 5.41) is 13.6. The lowest BCUT2D eigenvalue weighted by molar-refractivity contribution is -0.116. The molecule has 0 aliphatic carbocycles. The van der Waals surface area contributed by atoms with Gasteiger partial charge in [0.15, 0.2) is 0 Å². The van der Waals surface area contributed by atoms with E-state index in [9.17, 15) is 4.79 Å². The molecule has 10 nitrogen and oxygen atoms in total. The van der Waals surface area contributed by atoms with Crippen molar-refractivity contribution in [2.75, 3.05) is 23.3 Å². The first-order valence-electron chi connectivity index (χ1n) is 8.98. The molecule has 0 unspecified atom stereocenters. The summed E-state index contributed by atoms with van der Waals surface area (Å²) in [5.74, 6) is 1.64. The fourth-order valence-corrected chi connectivity index (χ4v) is 2.93. The molecule has 0 atom stereocenters. The second-order valence-corrected chi connectivity index (χ2v) is 6.33. The van der Waals surface area contributed by atoms with E-state index in [2.05, 4.69) is 40.5 Å². The summed E-state index contributed by atoms with van der Waals surface area (Å²) in [4.78, 5) is 26.9. The predicted octanol–water partition coefficient (Wildman–Crippen LogP) is 1.81. The zero-order chi connectivity index (χ0) is 18.5. The molecule has 4 rings (SSSR count). The van der Waals surface area contributed by atoms with E-state index in [0.717, 1.165) is 31.5 Å². The molecular formula is C17H20N8O2. The number of aromatic nitrogens is 6. The minimum atomic E-state index is -0.197. The highest BCUT2D eigenvalue weighted by molar-refractivity contribution is 5.89. The maximum atomic E-state index is 12.1. The van der Waals surface area contributed by atoms with Crippen molar-refractivity contribution < 1.29 is 9.32 Å². The van der Waals surface area contributed by atoms with Crippen LogP contribution in [0.3, 0.4) is 0 Å². The molecular weight excluding hydrogens is 348 g/mol. The van der Waals surface area contributed by atoms with Crippen LogP contribution < -0.4 is 10.2 Å². The number of aryl methyl sites for hydroxylation is 1. The topological polar surface area (TPSA) is 126 Å². The van der Waals surface area contributed by atoms with Crippen LogP contribution >= 0.6 is 0 Å². The van der Waals surface area contributed by atoms with Crippen molar-refractivity contribution in [3.8, 4) is 11.4 Å². The van der Waals surface area contributed by atoms with Crippen molar-refractivity contribution in [3.63, 3.8) is 0 Å². The number of nitrogens with zero attached hydrogens (tertiary/aromatic N) is 6. The second-order valence-electron chi connectivity index (χ2n) is 6.33. The van der Waals surface area contributed by atoms with E-state index >= 15 is 0 Å². The van der Waals surface area contributed by atoms with Crippen molar-refractivity contribution in [1.29, 1.82) is 0 Å². The third-order valence-corrected chi connectivity index (χ3v) is 4.32. The minimum absolute atomic E-state index is 0.197. The molecule has 3 aromatic rings. The monoisotopic (exact) mass is 368 g/mol. The van der Waals surface area contributed by atoms with Crippen molar-refractivity contribution in [3.05, 3.63) is 30.4 Å². The third kappa shape index (κ3) is 4.27. The summed E-state index contributed by atoms with van der Waals surface area (Å²) in [6.07, 6.45) is 7.40. The van der Waals surface area contributed by atoms with Crippen LogP contribution in [0.1, 0.15) is 31.6 Å². The molecule has 1 aliphatic rings. The summed E-state index contributed by atoms with van der Waals surface area (Å²) in [6.45, 7) is 1.89. The number of H-pyrrole nitrogens is 1. The van der Waals surface area contributed by atoms with E-state index in [1.165, 1.54) is 6.42 Å². The summed E-state index contributed by atoms with van der Waals surface area (Å²) < 4.78 is 5.19. The molecule has 2 N–H and O–H groups in total. The van der Waals surface area contributed by atoms with Gasteiger partial charge in [-0.05, 0) is 31.4 Å². The Balaban J connectivity index is 1.29. The Morgan fingerprint density at radius 3 is 2.96 bits per heavy atom. The summed E-state index contributed by atoms with van der Waals surface area (Å²) in [7, 11) is 0. The lowest BCUT2D eigenvalue weighted by atomic mass is 10.1. The maximum absolute atomic E-state index is 12.1. The van der Waals surface area contributed by atoms with Gasteiger partial charge in [-0.25, -0.2) is 5.10 Å². The smallest absolute Gasteiger partial charge is 0.246 e. The van der Waals surface area contributed by atoms with E-state index < -0.39 is 0 Å². The number of amides is 1. The number of rotatable bonds is 6. The molecule has 0 saturated carbocycles. The Morgan fingerprint density at radius 2 is 2.15 bits per heavy atom. The number of aromatic amines is 1. The number of carbonyl (C=O) groups excluding carboxylic acids is 1. The van der Waals surface area contributed by atoms with Gasteiger partial charge in [-0.3, -0.25) is 15.1 Å². The molecule has 1 amide bonds. The molecule has 0 spiro atoms. The van der Waals surface area contributed by atoms with Crippen molar-refractivity contribution in [1.82, 2.24) is 30.3 Å². The average molecular weight is 368 g/mol. The van der Waals surface area contributed by atoms with Crippen LogP contribution in [-0.4, -0.2) is 49.3 Å². The number of anilines is 2. The molecule has 0 radical (unpaired) electrons. The highest BCUT2D eigenvalue weighted by Gasteiger charge is 2.16. The van der Waals surface area contributed by atoms with Crippen LogP contribution in [0.15, 0.2) is 29.0 Å². The van der Waals surface area contributed by atoms with E-state index in [1.807, 2.05) is 6.07 Å². The van der Waals surface area contributed by atoms with E-state index in [-0.39, 0.29) is 12.3 Å². The van der Waals surface area contributed by atoms with Crippen molar-refractivity contribution in [2.24, 2.45) is 0 Å². The predicted molar refractivity (Wildman–Crippen MR) is 96.9 cm³/mol. The van der Waals surface area contributed by atoms with Crippen LogP contribution in [-0.2, 0) is 11.2 Å². The fraction of sp³-hybridized carbons (Fsp3) is 0.412. The lowest BCUT2D eigenvalue weighted by Crippen LogP contribution is -2.30. The van der Waals surface area contributed by atoms with Crippen LogP contribution in [0.5, 0.6) is 0 Å². The van der Waals surface area contributed by atoms with Gasteiger partial charge in [0.25, 0.3) is 0 Å². The second kappa shape index (κ2) is 7.94. The van der Waals surface area contributed by atoms with Gasteiger partial charge in [0.05, 0.1) is 0 Å². The molecule has 3 aromatic heterocycles. The van der Waals surface area contributed by atoms with E-state index in [4.69, 9.17) is 4.52 Å². The maximum Gasteiger partial charge on any atom is 0.246 e. The summed E-state index contributed by atoms with van der Waals surface area (Å²) >= 11 is 0. The molecule has 140 valence electrons. The van der Waals surface area contributed by atoms with Crippen LogP contribution in [0, 0.1) is 0 Å². The first-order chi connectivity index (χ1) is 13.3. The zero-order valence-electron chi connectivity index (χ0n) is 14.8. The number of pyridine rings is 1. The molecule has 27 heavy (non-hydrogen) atoms. The Labute approximate surface area is 155 Å². The van der Waals surface area contributed by atoms with Gasteiger partial charge in [0.2, 0.25) is 29.5 Å². The van der Waals surface area contributed by atoms with Gasteiger partial charge in [0.1, 0.15) is 0 Å². The largest absolute Gasteiger partial charge is 0.340 e. The number of carbonyl (C=O) groups is 1. The van der Waals surface area contributed by atoms with Crippen LogP contribution in [0.4, 0.5) is 11.9 Å². The zero-order valence-corrected chi connectivity index (χ0v) is 14.8. The van der Waals surface area contributed by atoms with E-state index in [1.54, 1.807) is 18.5 Å². The highest BCUT2D eigenvalue weighted by atomic mass is 16.5. The van der Waals surface area contributed by atoms with Crippen molar-refractivity contribution >= 4 is 17.8 Å². The molecule has 0 bridgehead atoms. The number of nitrogens with one attached hydrogen (secondary N) is 2. The number of hydrogen-bond acceptors (Lipinski definition) is 8.